The maximum atomic E-state index is 14.5. The smallest absolute Gasteiger partial charge is 0.206 e. The zero-order chi connectivity index (χ0) is 14.3. The summed E-state index contributed by atoms with van der Waals surface area (Å²) in [5, 5.41) is 0.750. The molecule has 2 aromatic carbocycles. The minimum Gasteiger partial charge on any atom is -0.206 e. The van der Waals surface area contributed by atoms with Gasteiger partial charge in [-0.2, -0.15) is 8.78 Å². The van der Waals surface area contributed by atoms with E-state index in [1.807, 2.05) is 0 Å². The third kappa shape index (κ3) is 2.10. The van der Waals surface area contributed by atoms with E-state index in [0.717, 1.165) is 27.5 Å². The van der Waals surface area contributed by atoms with Gasteiger partial charge in [-0.15, -0.1) is 11.3 Å². The van der Waals surface area contributed by atoms with Gasteiger partial charge in [-0.05, 0) is 36.6 Å². The van der Waals surface area contributed by atoms with Crippen LogP contribution in [-0.4, -0.2) is 0 Å². The Morgan fingerprint density at radius 3 is 2.50 bits per heavy atom. The lowest BCUT2D eigenvalue weighted by Gasteiger charge is -2.16. The van der Waals surface area contributed by atoms with Gasteiger partial charge >= 0.3 is 5.92 Å². The van der Waals surface area contributed by atoms with Gasteiger partial charge in [0.25, 0.3) is 0 Å². The number of alkyl halides is 2. The minimum atomic E-state index is -3.32. The number of rotatable bonds is 2. The lowest BCUT2D eigenvalue weighted by Crippen LogP contribution is -2.15. The predicted octanol–water partition coefficient (Wildman–Crippen LogP) is 5.49. The van der Waals surface area contributed by atoms with Crippen molar-refractivity contribution in [3.8, 4) is 0 Å². The molecule has 0 fully saturated rings. The van der Waals surface area contributed by atoms with Gasteiger partial charge in [-0.3, -0.25) is 0 Å². The largest absolute Gasteiger partial charge is 0.310 e. The number of fused-ring (bicyclic) bond motifs is 1. The Labute approximate surface area is 118 Å². The first kappa shape index (κ1) is 13.2. The van der Waals surface area contributed by atoms with Crippen LogP contribution in [0.3, 0.4) is 0 Å². The summed E-state index contributed by atoms with van der Waals surface area (Å²) in [7, 11) is 0. The highest BCUT2D eigenvalue weighted by Gasteiger charge is 2.38. The maximum Gasteiger partial charge on any atom is 0.310 e. The van der Waals surface area contributed by atoms with E-state index in [0.29, 0.717) is 5.56 Å². The highest BCUT2D eigenvalue weighted by Crippen LogP contribution is 2.42. The third-order valence-electron chi connectivity index (χ3n) is 3.20. The predicted molar refractivity (Wildman–Crippen MR) is 76.0 cm³/mol. The van der Waals surface area contributed by atoms with E-state index in [-0.39, 0.29) is 4.88 Å². The van der Waals surface area contributed by atoms with Crippen molar-refractivity contribution in [2.24, 2.45) is 0 Å². The maximum absolute atomic E-state index is 14.5. The van der Waals surface area contributed by atoms with E-state index >= 15 is 0 Å². The monoisotopic (exact) mass is 292 g/mol. The molecule has 0 aliphatic heterocycles. The summed E-state index contributed by atoms with van der Waals surface area (Å²) >= 11 is 0.997. The summed E-state index contributed by atoms with van der Waals surface area (Å²) in [5.74, 6) is -4.20. The SMILES string of the molecule is Cc1ccc(F)c(C(F)(F)c2cc3ccccc3s2)c1. The molecule has 0 radical (unpaired) electrons. The van der Waals surface area contributed by atoms with Crippen LogP contribution < -0.4 is 0 Å². The van der Waals surface area contributed by atoms with Gasteiger partial charge in [0.2, 0.25) is 0 Å². The first-order chi connectivity index (χ1) is 9.48. The molecule has 0 aliphatic carbocycles. The van der Waals surface area contributed by atoms with Gasteiger partial charge in [-0.25, -0.2) is 4.39 Å². The number of benzene rings is 2. The number of aryl methyl sites for hydroxylation is 1. The zero-order valence-corrected chi connectivity index (χ0v) is 11.5. The molecular formula is C16H11F3S. The molecule has 0 bridgehead atoms. The van der Waals surface area contributed by atoms with E-state index in [1.54, 1.807) is 31.2 Å². The Hall–Kier alpha value is -1.81. The van der Waals surface area contributed by atoms with Gasteiger partial charge in [0.1, 0.15) is 5.82 Å². The van der Waals surface area contributed by atoms with Crippen LogP contribution in [0.4, 0.5) is 13.2 Å². The van der Waals surface area contributed by atoms with Crippen LogP contribution in [0.1, 0.15) is 16.0 Å². The van der Waals surface area contributed by atoms with E-state index in [9.17, 15) is 13.2 Å². The first-order valence-electron chi connectivity index (χ1n) is 6.12. The van der Waals surface area contributed by atoms with Crippen LogP contribution in [-0.2, 0) is 5.92 Å². The average molecular weight is 292 g/mol. The summed E-state index contributed by atoms with van der Waals surface area (Å²) in [6, 6.07) is 12.4. The van der Waals surface area contributed by atoms with Crippen LogP contribution in [0.2, 0.25) is 0 Å². The van der Waals surface area contributed by atoms with Crippen molar-refractivity contribution in [3.63, 3.8) is 0 Å². The number of halogens is 3. The number of hydrogen-bond donors (Lipinski definition) is 0. The molecule has 3 aromatic rings. The van der Waals surface area contributed by atoms with Gasteiger partial charge in [0, 0.05) is 4.70 Å². The Morgan fingerprint density at radius 1 is 1.00 bits per heavy atom. The topological polar surface area (TPSA) is 0 Å². The molecule has 0 aliphatic rings. The highest BCUT2D eigenvalue weighted by atomic mass is 32.1. The van der Waals surface area contributed by atoms with Crippen molar-refractivity contribution in [1.82, 2.24) is 0 Å². The van der Waals surface area contributed by atoms with Gasteiger partial charge in [0.05, 0.1) is 10.4 Å². The molecule has 0 amide bonds. The summed E-state index contributed by atoms with van der Waals surface area (Å²) in [6.07, 6.45) is 0. The fraction of sp³-hybridized carbons (Fsp3) is 0.125. The Morgan fingerprint density at radius 2 is 1.75 bits per heavy atom. The van der Waals surface area contributed by atoms with Crippen molar-refractivity contribution in [3.05, 3.63) is 70.4 Å². The van der Waals surface area contributed by atoms with E-state index in [4.69, 9.17) is 0 Å². The van der Waals surface area contributed by atoms with E-state index in [1.165, 1.54) is 18.2 Å². The normalized spacial score (nSPS) is 12.0. The molecule has 20 heavy (non-hydrogen) atoms. The molecule has 0 nitrogen and oxygen atoms in total. The fourth-order valence-corrected chi connectivity index (χ4v) is 3.20. The molecule has 0 spiro atoms. The van der Waals surface area contributed by atoms with Gasteiger partial charge < -0.3 is 0 Å². The quantitative estimate of drug-likeness (QED) is 0.586. The molecule has 3 rings (SSSR count). The van der Waals surface area contributed by atoms with E-state index in [2.05, 4.69) is 0 Å². The fourth-order valence-electron chi connectivity index (χ4n) is 2.15. The molecule has 102 valence electrons. The van der Waals surface area contributed by atoms with Crippen LogP contribution >= 0.6 is 11.3 Å². The summed E-state index contributed by atoms with van der Waals surface area (Å²) in [5.41, 5.74) is 0.0474. The van der Waals surface area contributed by atoms with Crippen LogP contribution in [0.25, 0.3) is 10.1 Å². The summed E-state index contributed by atoms with van der Waals surface area (Å²) in [6.45, 7) is 1.67. The van der Waals surface area contributed by atoms with Crippen LogP contribution in [0.5, 0.6) is 0 Å². The van der Waals surface area contributed by atoms with Crippen LogP contribution in [0, 0.1) is 12.7 Å². The molecule has 0 saturated heterocycles. The Kier molecular flexibility index (Phi) is 3.05. The summed E-state index contributed by atoms with van der Waals surface area (Å²) < 4.78 is 43.6. The van der Waals surface area contributed by atoms with Gasteiger partial charge in [-0.1, -0.05) is 29.8 Å². The minimum absolute atomic E-state index is 0.136. The molecule has 1 aromatic heterocycles. The Balaban J connectivity index is 2.17. The van der Waals surface area contributed by atoms with E-state index < -0.39 is 17.3 Å². The Bertz CT molecular complexity index is 741. The second-order valence-electron chi connectivity index (χ2n) is 4.71. The second-order valence-corrected chi connectivity index (χ2v) is 5.79. The van der Waals surface area contributed by atoms with Crippen LogP contribution in [0.15, 0.2) is 48.5 Å². The first-order valence-corrected chi connectivity index (χ1v) is 6.93. The van der Waals surface area contributed by atoms with Gasteiger partial charge in [0.15, 0.2) is 0 Å². The molecule has 4 heteroatoms. The number of hydrogen-bond acceptors (Lipinski definition) is 1. The van der Waals surface area contributed by atoms with Crippen molar-refractivity contribution in [2.45, 2.75) is 12.8 Å². The zero-order valence-electron chi connectivity index (χ0n) is 10.7. The summed E-state index contributed by atoms with van der Waals surface area (Å²) in [4.78, 5) is -0.136. The van der Waals surface area contributed by atoms with Crippen molar-refractivity contribution in [2.75, 3.05) is 0 Å². The molecular weight excluding hydrogens is 281 g/mol. The van der Waals surface area contributed by atoms with Crippen molar-refractivity contribution >= 4 is 21.4 Å². The second kappa shape index (κ2) is 4.63. The van der Waals surface area contributed by atoms with Crippen molar-refractivity contribution in [1.29, 1.82) is 0 Å². The number of thiophene rings is 1. The molecule has 0 unspecified atom stereocenters. The third-order valence-corrected chi connectivity index (χ3v) is 4.38. The lowest BCUT2D eigenvalue weighted by molar-refractivity contribution is 0.0430. The molecule has 0 N–H and O–H groups in total. The standard InChI is InChI=1S/C16H11F3S/c1-10-6-7-13(17)12(8-10)16(18,19)15-9-11-4-2-3-5-14(11)20-15/h2-9H,1H3. The lowest BCUT2D eigenvalue weighted by atomic mass is 10.0. The highest BCUT2D eigenvalue weighted by molar-refractivity contribution is 7.19. The molecule has 0 atom stereocenters. The average Bonchev–Trinajstić information content (AvgIpc) is 2.86. The molecule has 1 heterocycles. The van der Waals surface area contributed by atoms with Crippen molar-refractivity contribution < 1.29 is 13.2 Å². The molecule has 0 saturated carbocycles.